The van der Waals surface area contributed by atoms with Crippen LogP contribution < -0.4 is 5.32 Å². The van der Waals surface area contributed by atoms with Gasteiger partial charge in [0.05, 0.1) is 11.3 Å². The van der Waals surface area contributed by atoms with E-state index in [2.05, 4.69) is 11.6 Å². The number of carboxylic acids is 1. The summed E-state index contributed by atoms with van der Waals surface area (Å²) in [5, 5.41) is 11.9. The first-order valence-electron chi connectivity index (χ1n) is 6.38. The summed E-state index contributed by atoms with van der Waals surface area (Å²) in [7, 11) is 0. The van der Waals surface area contributed by atoms with E-state index in [0.717, 1.165) is 25.5 Å². The Bertz CT molecular complexity index is 473. The number of halogens is 1. The second-order valence-electron chi connectivity index (χ2n) is 4.95. The summed E-state index contributed by atoms with van der Waals surface area (Å²) in [5.41, 5.74) is 0.355. The predicted molar refractivity (Wildman–Crippen MR) is 76.6 cm³/mol. The minimum atomic E-state index is -1.11. The molecule has 1 saturated carbocycles. The molecule has 5 heteroatoms. The molecule has 19 heavy (non-hydrogen) atoms. The van der Waals surface area contributed by atoms with Crippen LogP contribution in [0, 0.1) is 5.82 Å². The molecule has 0 saturated heterocycles. The molecule has 0 aliphatic heterocycles. The Balaban J connectivity index is 2.05. The number of hydrogen-bond donors (Lipinski definition) is 2. The molecule has 0 heterocycles. The van der Waals surface area contributed by atoms with Crippen LogP contribution in [0.4, 0.5) is 10.1 Å². The number of benzene rings is 1. The van der Waals surface area contributed by atoms with Gasteiger partial charge < -0.3 is 10.4 Å². The molecule has 2 N–H and O–H groups in total. The van der Waals surface area contributed by atoms with Crippen molar-refractivity contribution in [2.45, 2.75) is 30.4 Å². The van der Waals surface area contributed by atoms with Gasteiger partial charge >= 0.3 is 5.97 Å². The molecule has 1 fully saturated rings. The average molecular weight is 283 g/mol. The highest BCUT2D eigenvalue weighted by Crippen LogP contribution is 2.40. The molecule has 0 radical (unpaired) electrons. The van der Waals surface area contributed by atoms with Gasteiger partial charge in [-0.15, -0.1) is 0 Å². The van der Waals surface area contributed by atoms with Gasteiger partial charge in [0.1, 0.15) is 5.82 Å². The Morgan fingerprint density at radius 2 is 2.16 bits per heavy atom. The number of carboxylic acid groups (broad SMARTS) is 1. The van der Waals surface area contributed by atoms with Crippen molar-refractivity contribution in [1.29, 1.82) is 0 Å². The van der Waals surface area contributed by atoms with Gasteiger partial charge in [-0.3, -0.25) is 0 Å². The summed E-state index contributed by atoms with van der Waals surface area (Å²) < 4.78 is 14.0. The zero-order valence-electron chi connectivity index (χ0n) is 10.9. The molecule has 1 aromatic rings. The molecule has 0 aromatic heterocycles. The highest BCUT2D eigenvalue weighted by molar-refractivity contribution is 8.00. The van der Waals surface area contributed by atoms with Crippen LogP contribution in [0.25, 0.3) is 0 Å². The van der Waals surface area contributed by atoms with Crippen molar-refractivity contribution >= 4 is 23.4 Å². The molecule has 2 rings (SSSR count). The lowest BCUT2D eigenvalue weighted by molar-refractivity contribution is 0.0696. The van der Waals surface area contributed by atoms with E-state index in [-0.39, 0.29) is 10.3 Å². The van der Waals surface area contributed by atoms with Crippen LogP contribution in [0.1, 0.15) is 36.0 Å². The smallest absolute Gasteiger partial charge is 0.335 e. The van der Waals surface area contributed by atoms with Crippen molar-refractivity contribution in [1.82, 2.24) is 0 Å². The Labute approximate surface area is 116 Å². The average Bonchev–Trinajstić information content (AvgIpc) is 2.86. The van der Waals surface area contributed by atoms with Gasteiger partial charge in [0.2, 0.25) is 0 Å². The van der Waals surface area contributed by atoms with Gasteiger partial charge in [0.15, 0.2) is 0 Å². The molecule has 0 bridgehead atoms. The maximum absolute atomic E-state index is 13.8. The Hall–Kier alpha value is -1.23. The summed E-state index contributed by atoms with van der Waals surface area (Å²) in [6.45, 7) is 0.720. The second-order valence-corrected chi connectivity index (χ2v) is 6.22. The largest absolute Gasteiger partial charge is 0.478 e. The fraction of sp³-hybridized carbons (Fsp3) is 0.500. The number of thioether (sulfide) groups is 1. The van der Waals surface area contributed by atoms with Crippen molar-refractivity contribution in [3.05, 3.63) is 29.6 Å². The maximum atomic E-state index is 13.8. The molecule has 0 unspecified atom stereocenters. The summed E-state index contributed by atoms with van der Waals surface area (Å²) >= 11 is 1.83. The zero-order valence-corrected chi connectivity index (χ0v) is 11.7. The van der Waals surface area contributed by atoms with Crippen LogP contribution in [0.3, 0.4) is 0 Å². The number of nitrogens with one attached hydrogen (secondary N) is 1. The second kappa shape index (κ2) is 5.82. The predicted octanol–water partition coefficient (Wildman–Crippen LogP) is 3.61. The van der Waals surface area contributed by atoms with Crippen molar-refractivity contribution in [3.63, 3.8) is 0 Å². The van der Waals surface area contributed by atoms with Gasteiger partial charge in [-0.2, -0.15) is 11.8 Å². The van der Waals surface area contributed by atoms with Gasteiger partial charge in [0.25, 0.3) is 0 Å². The van der Waals surface area contributed by atoms with Crippen LogP contribution in [-0.4, -0.2) is 28.6 Å². The molecule has 0 atom stereocenters. The standard InChI is InChI=1S/C14H18FNO2S/c1-19-14(6-2-3-7-14)9-16-12-5-4-10(13(17)18)8-11(12)15/h4-5,8,16H,2-3,6-7,9H2,1H3,(H,17,18). The van der Waals surface area contributed by atoms with Crippen molar-refractivity contribution < 1.29 is 14.3 Å². The van der Waals surface area contributed by atoms with Crippen molar-refractivity contribution in [3.8, 4) is 0 Å². The lowest BCUT2D eigenvalue weighted by atomic mass is 10.1. The van der Waals surface area contributed by atoms with Crippen LogP contribution in [-0.2, 0) is 0 Å². The normalized spacial score (nSPS) is 17.4. The van der Waals surface area contributed by atoms with Crippen LogP contribution in [0.2, 0.25) is 0 Å². The summed E-state index contributed by atoms with van der Waals surface area (Å²) in [6.07, 6.45) is 6.84. The van der Waals surface area contributed by atoms with E-state index in [0.29, 0.717) is 5.69 Å². The van der Waals surface area contributed by atoms with Gasteiger partial charge in [-0.05, 0) is 37.3 Å². The number of carbonyl (C=O) groups is 1. The summed E-state index contributed by atoms with van der Waals surface area (Å²) in [5.74, 6) is -1.61. The molecule has 0 spiro atoms. The Kier molecular flexibility index (Phi) is 4.34. The molecule has 104 valence electrons. The third kappa shape index (κ3) is 3.21. The first-order valence-corrected chi connectivity index (χ1v) is 7.61. The molecule has 1 aliphatic rings. The highest BCUT2D eigenvalue weighted by atomic mass is 32.2. The fourth-order valence-corrected chi connectivity index (χ4v) is 3.43. The monoisotopic (exact) mass is 283 g/mol. The van der Waals surface area contributed by atoms with Crippen LogP contribution in [0.5, 0.6) is 0 Å². The van der Waals surface area contributed by atoms with E-state index in [1.54, 1.807) is 0 Å². The first kappa shape index (κ1) is 14.2. The molecular weight excluding hydrogens is 265 g/mol. The highest BCUT2D eigenvalue weighted by Gasteiger charge is 2.32. The summed E-state index contributed by atoms with van der Waals surface area (Å²) in [6, 6.07) is 3.99. The Morgan fingerprint density at radius 3 is 2.68 bits per heavy atom. The fourth-order valence-electron chi connectivity index (χ4n) is 2.52. The van der Waals surface area contributed by atoms with Crippen molar-refractivity contribution in [2.24, 2.45) is 0 Å². The van der Waals surface area contributed by atoms with E-state index < -0.39 is 11.8 Å². The quantitative estimate of drug-likeness (QED) is 0.866. The third-order valence-corrected chi connectivity index (χ3v) is 5.18. The molecular formula is C14H18FNO2S. The third-order valence-electron chi connectivity index (χ3n) is 3.76. The first-order chi connectivity index (χ1) is 9.06. The molecule has 1 aliphatic carbocycles. The van der Waals surface area contributed by atoms with E-state index in [4.69, 9.17) is 5.11 Å². The van der Waals surface area contributed by atoms with Crippen LogP contribution in [0.15, 0.2) is 18.2 Å². The SMILES string of the molecule is CSC1(CNc2ccc(C(=O)O)cc2F)CCCC1. The number of hydrogen-bond acceptors (Lipinski definition) is 3. The zero-order chi connectivity index (χ0) is 13.9. The maximum Gasteiger partial charge on any atom is 0.335 e. The van der Waals surface area contributed by atoms with E-state index in [1.165, 1.54) is 25.0 Å². The van der Waals surface area contributed by atoms with Gasteiger partial charge in [-0.25, -0.2) is 9.18 Å². The van der Waals surface area contributed by atoms with E-state index in [1.807, 2.05) is 11.8 Å². The van der Waals surface area contributed by atoms with Crippen molar-refractivity contribution in [2.75, 3.05) is 18.1 Å². The van der Waals surface area contributed by atoms with E-state index >= 15 is 0 Å². The lowest BCUT2D eigenvalue weighted by Gasteiger charge is -2.27. The molecule has 0 amide bonds. The van der Waals surface area contributed by atoms with Crippen LogP contribution >= 0.6 is 11.8 Å². The van der Waals surface area contributed by atoms with Gasteiger partial charge in [0, 0.05) is 11.3 Å². The minimum absolute atomic E-state index is 0.0245. The Morgan fingerprint density at radius 1 is 1.47 bits per heavy atom. The summed E-state index contributed by atoms with van der Waals surface area (Å²) in [4.78, 5) is 10.7. The topological polar surface area (TPSA) is 49.3 Å². The van der Waals surface area contributed by atoms with E-state index in [9.17, 15) is 9.18 Å². The molecule has 3 nitrogen and oxygen atoms in total. The number of rotatable bonds is 5. The number of anilines is 1. The molecule has 1 aromatic carbocycles. The lowest BCUT2D eigenvalue weighted by Crippen LogP contribution is -2.30. The van der Waals surface area contributed by atoms with Gasteiger partial charge in [-0.1, -0.05) is 12.8 Å². The number of aromatic carboxylic acids is 1. The minimum Gasteiger partial charge on any atom is -0.478 e.